The zero-order chi connectivity index (χ0) is 17.1. The molecule has 6 heteroatoms. The molecule has 0 aliphatic heterocycles. The highest BCUT2D eigenvalue weighted by Gasteiger charge is 2.29. The van der Waals surface area contributed by atoms with Gasteiger partial charge in [-0.05, 0) is 43.5 Å². The number of anilines is 2. The highest BCUT2D eigenvalue weighted by Crippen LogP contribution is 2.30. The number of hydrogen-bond donors (Lipinski definition) is 2. The lowest BCUT2D eigenvalue weighted by Crippen LogP contribution is -2.13. The summed E-state index contributed by atoms with van der Waals surface area (Å²) >= 11 is 6.13. The van der Waals surface area contributed by atoms with Crippen LogP contribution >= 0.6 is 11.6 Å². The van der Waals surface area contributed by atoms with Crippen molar-refractivity contribution in [1.29, 1.82) is 5.26 Å². The van der Waals surface area contributed by atoms with Crippen molar-refractivity contribution in [2.75, 3.05) is 10.6 Å². The first kappa shape index (κ1) is 16.3. The van der Waals surface area contributed by atoms with E-state index in [1.54, 1.807) is 6.07 Å². The zero-order valence-electron chi connectivity index (χ0n) is 13.2. The van der Waals surface area contributed by atoms with Gasteiger partial charge in [0, 0.05) is 23.8 Å². The van der Waals surface area contributed by atoms with Crippen LogP contribution in [0, 0.1) is 17.2 Å². The molecule has 0 spiro atoms. The van der Waals surface area contributed by atoms with Crippen LogP contribution in [0.25, 0.3) is 0 Å². The van der Waals surface area contributed by atoms with Gasteiger partial charge in [-0.25, -0.2) is 4.98 Å². The van der Waals surface area contributed by atoms with E-state index in [9.17, 15) is 4.79 Å². The third-order valence-electron chi connectivity index (χ3n) is 3.95. The Hall–Kier alpha value is -2.58. The number of hydrogen-bond acceptors (Lipinski definition) is 4. The Kier molecular flexibility index (Phi) is 4.68. The minimum atomic E-state index is -0.0175. The van der Waals surface area contributed by atoms with Gasteiger partial charge in [-0.15, -0.1) is 0 Å². The van der Waals surface area contributed by atoms with Crippen LogP contribution in [0.5, 0.6) is 0 Å². The van der Waals surface area contributed by atoms with Gasteiger partial charge in [-0.1, -0.05) is 23.7 Å². The van der Waals surface area contributed by atoms with Gasteiger partial charge < -0.3 is 10.6 Å². The van der Waals surface area contributed by atoms with Gasteiger partial charge in [0.1, 0.15) is 11.9 Å². The minimum Gasteiger partial charge on any atom is -0.362 e. The Morgan fingerprint density at radius 1 is 1.38 bits per heavy atom. The summed E-state index contributed by atoms with van der Waals surface area (Å²) in [5.41, 5.74) is 2.27. The largest absolute Gasteiger partial charge is 0.362 e. The van der Waals surface area contributed by atoms with E-state index in [1.807, 2.05) is 37.3 Å². The van der Waals surface area contributed by atoms with Crippen LogP contribution < -0.4 is 10.6 Å². The quantitative estimate of drug-likeness (QED) is 0.857. The van der Waals surface area contributed by atoms with Crippen LogP contribution in [0.15, 0.2) is 36.5 Å². The molecule has 1 aromatic heterocycles. The van der Waals surface area contributed by atoms with Gasteiger partial charge in [0.2, 0.25) is 5.91 Å². The summed E-state index contributed by atoms with van der Waals surface area (Å²) in [6, 6.07) is 11.3. The van der Waals surface area contributed by atoms with Crippen molar-refractivity contribution < 1.29 is 4.79 Å². The molecule has 0 bridgehead atoms. The summed E-state index contributed by atoms with van der Waals surface area (Å²) in [7, 11) is 0. The van der Waals surface area contributed by atoms with E-state index in [1.165, 1.54) is 6.20 Å². The SMILES string of the molecule is C[C@@H](Nc1ncc(C#N)cc1Cl)c1ccc(NC(=O)C2CC2)cc1. The normalized spacial score (nSPS) is 14.5. The maximum atomic E-state index is 11.8. The fourth-order valence-corrected chi connectivity index (χ4v) is 2.56. The van der Waals surface area contributed by atoms with Crippen molar-refractivity contribution in [3.05, 3.63) is 52.7 Å². The molecule has 1 saturated carbocycles. The van der Waals surface area contributed by atoms with E-state index in [4.69, 9.17) is 16.9 Å². The summed E-state index contributed by atoms with van der Waals surface area (Å²) in [6.45, 7) is 1.99. The molecule has 2 aromatic rings. The molecule has 0 saturated heterocycles. The van der Waals surface area contributed by atoms with Crippen LogP contribution in [0.1, 0.15) is 36.9 Å². The number of pyridine rings is 1. The first-order chi connectivity index (χ1) is 11.6. The molecule has 1 aromatic carbocycles. The maximum Gasteiger partial charge on any atom is 0.227 e. The number of halogens is 1. The van der Waals surface area contributed by atoms with Gasteiger partial charge in [-0.3, -0.25) is 4.79 Å². The van der Waals surface area contributed by atoms with E-state index >= 15 is 0 Å². The number of carbonyl (C=O) groups is 1. The molecule has 24 heavy (non-hydrogen) atoms. The predicted octanol–water partition coefficient (Wildman–Crippen LogP) is 4.13. The monoisotopic (exact) mass is 340 g/mol. The number of nitrogens with one attached hydrogen (secondary N) is 2. The Bertz CT molecular complexity index is 794. The topological polar surface area (TPSA) is 77.8 Å². The molecule has 1 amide bonds. The number of amides is 1. The molecule has 1 heterocycles. The molecule has 1 atom stereocenters. The first-order valence-electron chi connectivity index (χ1n) is 7.80. The van der Waals surface area contributed by atoms with Crippen LogP contribution in [0.2, 0.25) is 5.02 Å². The first-order valence-corrected chi connectivity index (χ1v) is 8.17. The average molecular weight is 341 g/mol. The van der Waals surface area contributed by atoms with E-state index in [0.717, 1.165) is 24.1 Å². The Labute approximate surface area is 145 Å². The molecule has 3 rings (SSSR count). The van der Waals surface area contributed by atoms with Crippen molar-refractivity contribution in [2.24, 2.45) is 5.92 Å². The summed E-state index contributed by atoms with van der Waals surface area (Å²) in [6.07, 6.45) is 3.46. The number of nitriles is 1. The van der Waals surface area contributed by atoms with Crippen LogP contribution in [-0.2, 0) is 4.79 Å². The molecule has 0 unspecified atom stereocenters. The van der Waals surface area contributed by atoms with E-state index < -0.39 is 0 Å². The molecular weight excluding hydrogens is 324 g/mol. The molecule has 0 radical (unpaired) electrons. The molecular formula is C18H17ClN4O. The minimum absolute atomic E-state index is 0.0175. The Morgan fingerprint density at radius 3 is 2.67 bits per heavy atom. The van der Waals surface area contributed by atoms with Crippen molar-refractivity contribution in [3.63, 3.8) is 0 Å². The number of benzene rings is 1. The van der Waals surface area contributed by atoms with Crippen molar-refractivity contribution >= 4 is 29.0 Å². The number of nitrogens with zero attached hydrogens (tertiary/aromatic N) is 2. The molecule has 122 valence electrons. The highest BCUT2D eigenvalue weighted by molar-refractivity contribution is 6.33. The molecule has 1 fully saturated rings. The molecule has 2 N–H and O–H groups in total. The standard InChI is InChI=1S/C18H17ClN4O/c1-11(22-17-16(19)8-12(9-20)10-21-17)13-4-6-15(7-5-13)23-18(24)14-2-3-14/h4-8,10-11,14H,2-3H2,1H3,(H,21,22)(H,23,24)/t11-/m1/s1. The Morgan fingerprint density at radius 2 is 2.08 bits per heavy atom. The maximum absolute atomic E-state index is 11.8. The predicted molar refractivity (Wildman–Crippen MR) is 93.8 cm³/mol. The van der Waals surface area contributed by atoms with E-state index in [0.29, 0.717) is 16.4 Å². The lowest BCUT2D eigenvalue weighted by molar-refractivity contribution is -0.117. The van der Waals surface area contributed by atoms with Gasteiger partial charge in [0.05, 0.1) is 10.6 Å². The van der Waals surface area contributed by atoms with E-state index in [-0.39, 0.29) is 17.9 Å². The third-order valence-corrected chi connectivity index (χ3v) is 4.24. The highest BCUT2D eigenvalue weighted by atomic mass is 35.5. The lowest BCUT2D eigenvalue weighted by atomic mass is 10.1. The fourth-order valence-electron chi connectivity index (χ4n) is 2.34. The second-order valence-corrected chi connectivity index (χ2v) is 6.32. The number of aromatic nitrogens is 1. The molecule has 5 nitrogen and oxygen atoms in total. The second-order valence-electron chi connectivity index (χ2n) is 5.92. The van der Waals surface area contributed by atoms with Gasteiger partial charge in [0.15, 0.2) is 0 Å². The van der Waals surface area contributed by atoms with Crippen LogP contribution in [0.3, 0.4) is 0 Å². The second kappa shape index (κ2) is 6.90. The number of rotatable bonds is 5. The third kappa shape index (κ3) is 3.84. The summed E-state index contributed by atoms with van der Waals surface area (Å²) in [4.78, 5) is 15.9. The molecule has 1 aliphatic carbocycles. The summed E-state index contributed by atoms with van der Waals surface area (Å²) in [5.74, 6) is 0.826. The van der Waals surface area contributed by atoms with Gasteiger partial charge in [-0.2, -0.15) is 5.26 Å². The summed E-state index contributed by atoms with van der Waals surface area (Å²) in [5, 5.41) is 15.4. The number of carbonyl (C=O) groups excluding carboxylic acids is 1. The van der Waals surface area contributed by atoms with Gasteiger partial charge in [0.25, 0.3) is 0 Å². The fraction of sp³-hybridized carbons (Fsp3) is 0.278. The lowest BCUT2D eigenvalue weighted by Gasteiger charge is -2.16. The van der Waals surface area contributed by atoms with Crippen molar-refractivity contribution in [1.82, 2.24) is 4.98 Å². The van der Waals surface area contributed by atoms with Crippen molar-refractivity contribution in [3.8, 4) is 6.07 Å². The smallest absolute Gasteiger partial charge is 0.227 e. The Balaban J connectivity index is 1.65. The summed E-state index contributed by atoms with van der Waals surface area (Å²) < 4.78 is 0. The van der Waals surface area contributed by atoms with Crippen molar-refractivity contribution in [2.45, 2.75) is 25.8 Å². The van der Waals surface area contributed by atoms with Crippen LogP contribution in [0.4, 0.5) is 11.5 Å². The zero-order valence-corrected chi connectivity index (χ0v) is 14.0. The van der Waals surface area contributed by atoms with Crippen LogP contribution in [-0.4, -0.2) is 10.9 Å². The van der Waals surface area contributed by atoms with Gasteiger partial charge >= 0.3 is 0 Å². The van der Waals surface area contributed by atoms with E-state index in [2.05, 4.69) is 15.6 Å². The molecule has 1 aliphatic rings. The average Bonchev–Trinajstić information content (AvgIpc) is 3.42.